The number of rotatable bonds is 1. The number of hydrogen-bond donors (Lipinski definition) is 0. The zero-order chi connectivity index (χ0) is 10.2. The molecule has 0 aromatic rings. The van der Waals surface area contributed by atoms with Crippen molar-refractivity contribution in [2.24, 2.45) is 0 Å². The molecule has 74 valence electrons. The lowest BCUT2D eigenvalue weighted by Crippen LogP contribution is -2.28. The van der Waals surface area contributed by atoms with Gasteiger partial charge in [-0.1, -0.05) is 0 Å². The van der Waals surface area contributed by atoms with Gasteiger partial charge in [-0.25, -0.2) is 4.79 Å². The van der Waals surface area contributed by atoms with Crippen molar-refractivity contribution in [1.29, 1.82) is 0 Å². The molecule has 0 spiro atoms. The minimum Gasteiger partial charge on any atom is -0.444 e. The fraction of sp³-hybridized carbons (Fsp3) is 0.778. The molecule has 0 aromatic carbocycles. The van der Waals surface area contributed by atoms with Crippen LogP contribution in [0.15, 0.2) is 0 Å². The highest BCUT2D eigenvalue weighted by molar-refractivity contribution is 5.90. The third kappa shape index (κ3) is 2.72. The second kappa shape index (κ2) is 3.01. The molecular weight excluding hydrogens is 170 g/mol. The largest absolute Gasteiger partial charge is 0.444 e. The Bertz CT molecular complexity index is 242. The van der Waals surface area contributed by atoms with Crippen LogP contribution in [0.4, 0.5) is 4.79 Å². The van der Waals surface area contributed by atoms with Crippen LogP contribution in [-0.4, -0.2) is 35.0 Å². The zero-order valence-electron chi connectivity index (χ0n) is 8.46. The molecule has 0 aromatic heterocycles. The van der Waals surface area contributed by atoms with Crippen molar-refractivity contribution in [3.8, 4) is 0 Å². The van der Waals surface area contributed by atoms with Crippen LogP contribution in [0.1, 0.15) is 27.7 Å². The quantitative estimate of drug-likeness (QED) is 0.576. The molecule has 1 aliphatic heterocycles. The molecule has 0 N–H and O–H groups in total. The molecule has 1 rings (SSSR count). The summed E-state index contributed by atoms with van der Waals surface area (Å²) in [4.78, 5) is 23.5. The SMILES string of the molecule is CC(=O)[C@H]1CN1C(=O)OC(C)(C)C. The van der Waals surface area contributed by atoms with Gasteiger partial charge in [0.1, 0.15) is 11.6 Å². The smallest absolute Gasteiger partial charge is 0.411 e. The van der Waals surface area contributed by atoms with E-state index < -0.39 is 11.7 Å². The number of amides is 1. The first kappa shape index (κ1) is 10.0. The highest BCUT2D eigenvalue weighted by atomic mass is 16.6. The van der Waals surface area contributed by atoms with E-state index in [0.29, 0.717) is 6.54 Å². The summed E-state index contributed by atoms with van der Waals surface area (Å²) >= 11 is 0. The number of carbonyl (C=O) groups excluding carboxylic acids is 2. The summed E-state index contributed by atoms with van der Waals surface area (Å²) in [6.07, 6.45) is -0.396. The van der Waals surface area contributed by atoms with E-state index in [1.165, 1.54) is 11.8 Å². The van der Waals surface area contributed by atoms with Crippen LogP contribution in [0.5, 0.6) is 0 Å². The Balaban J connectivity index is 2.40. The number of nitrogens with zero attached hydrogens (tertiary/aromatic N) is 1. The van der Waals surface area contributed by atoms with Crippen molar-refractivity contribution < 1.29 is 14.3 Å². The molecule has 1 atom stereocenters. The third-order valence-corrected chi connectivity index (χ3v) is 1.71. The maximum absolute atomic E-state index is 11.3. The molecule has 1 fully saturated rings. The van der Waals surface area contributed by atoms with Gasteiger partial charge >= 0.3 is 6.09 Å². The maximum atomic E-state index is 11.3. The topological polar surface area (TPSA) is 46.4 Å². The van der Waals surface area contributed by atoms with Crippen molar-refractivity contribution in [3.63, 3.8) is 0 Å². The summed E-state index contributed by atoms with van der Waals surface area (Å²) in [7, 11) is 0. The molecule has 13 heavy (non-hydrogen) atoms. The highest BCUT2D eigenvalue weighted by Crippen LogP contribution is 2.21. The van der Waals surface area contributed by atoms with Crippen LogP contribution in [0.2, 0.25) is 0 Å². The van der Waals surface area contributed by atoms with Gasteiger partial charge in [-0.2, -0.15) is 0 Å². The number of carbonyl (C=O) groups is 2. The van der Waals surface area contributed by atoms with Crippen molar-refractivity contribution in [1.82, 2.24) is 4.90 Å². The summed E-state index contributed by atoms with van der Waals surface area (Å²) in [6.45, 7) is 7.39. The Kier molecular flexibility index (Phi) is 2.32. The summed E-state index contributed by atoms with van der Waals surface area (Å²) in [5.41, 5.74) is -0.485. The second-order valence-corrected chi connectivity index (χ2v) is 4.26. The number of Topliss-reactive ketones (excluding diaryl/α,β-unsaturated/α-hetero) is 1. The first-order chi connectivity index (χ1) is 5.81. The van der Waals surface area contributed by atoms with Gasteiger partial charge in [0.2, 0.25) is 0 Å². The Morgan fingerprint density at radius 2 is 1.92 bits per heavy atom. The van der Waals surface area contributed by atoms with E-state index in [1.807, 2.05) is 0 Å². The molecule has 4 heteroatoms. The lowest BCUT2D eigenvalue weighted by molar-refractivity contribution is -0.117. The Hall–Kier alpha value is -1.06. The monoisotopic (exact) mass is 185 g/mol. The second-order valence-electron chi connectivity index (χ2n) is 4.26. The van der Waals surface area contributed by atoms with Crippen LogP contribution < -0.4 is 0 Å². The molecule has 1 aliphatic rings. The first-order valence-electron chi connectivity index (χ1n) is 4.31. The van der Waals surface area contributed by atoms with Crippen LogP contribution in [0.3, 0.4) is 0 Å². The van der Waals surface area contributed by atoms with Gasteiger partial charge in [-0.15, -0.1) is 0 Å². The van der Waals surface area contributed by atoms with E-state index in [2.05, 4.69) is 0 Å². The highest BCUT2D eigenvalue weighted by Gasteiger charge is 2.44. The third-order valence-electron chi connectivity index (χ3n) is 1.71. The predicted octanol–water partition coefficient (Wildman–Crippen LogP) is 1.19. The van der Waals surface area contributed by atoms with Gasteiger partial charge in [-0.05, 0) is 27.7 Å². The summed E-state index contributed by atoms with van der Waals surface area (Å²) in [5.74, 6) is 0.0193. The summed E-state index contributed by atoms with van der Waals surface area (Å²) in [5, 5.41) is 0. The standard InChI is InChI=1S/C9H15NO3/c1-6(11)7-5-10(7)8(12)13-9(2,3)4/h7H,5H2,1-4H3/t7-,10?/m1/s1. The average Bonchev–Trinajstić information content (AvgIpc) is 2.58. The number of hydrogen-bond acceptors (Lipinski definition) is 3. The van der Waals surface area contributed by atoms with Crippen LogP contribution in [-0.2, 0) is 9.53 Å². The van der Waals surface area contributed by atoms with Crippen molar-refractivity contribution in [3.05, 3.63) is 0 Å². The minimum atomic E-state index is -0.485. The molecule has 4 nitrogen and oxygen atoms in total. The predicted molar refractivity (Wildman–Crippen MR) is 47.4 cm³/mol. The molecule has 0 unspecified atom stereocenters. The van der Waals surface area contributed by atoms with Gasteiger partial charge in [0.05, 0.1) is 6.54 Å². The van der Waals surface area contributed by atoms with Gasteiger partial charge in [-0.3, -0.25) is 9.69 Å². The van der Waals surface area contributed by atoms with Gasteiger partial charge < -0.3 is 4.74 Å². The molecule has 1 amide bonds. The summed E-state index contributed by atoms with van der Waals surface area (Å²) < 4.78 is 5.08. The van der Waals surface area contributed by atoms with Gasteiger partial charge in [0.25, 0.3) is 0 Å². The first-order valence-corrected chi connectivity index (χ1v) is 4.31. The van der Waals surface area contributed by atoms with Crippen molar-refractivity contribution in [2.75, 3.05) is 6.54 Å². The normalized spacial score (nSPS) is 21.2. The van der Waals surface area contributed by atoms with Crippen LogP contribution in [0.25, 0.3) is 0 Å². The van der Waals surface area contributed by atoms with E-state index in [4.69, 9.17) is 4.74 Å². The van der Waals surface area contributed by atoms with E-state index in [9.17, 15) is 9.59 Å². The Morgan fingerprint density at radius 1 is 1.38 bits per heavy atom. The molecule has 0 saturated carbocycles. The fourth-order valence-corrected chi connectivity index (χ4v) is 1.01. The molecule has 0 bridgehead atoms. The van der Waals surface area contributed by atoms with E-state index in [0.717, 1.165) is 0 Å². The molecular formula is C9H15NO3. The number of ketones is 1. The van der Waals surface area contributed by atoms with Gasteiger partial charge in [0.15, 0.2) is 5.78 Å². The molecule has 1 saturated heterocycles. The lowest BCUT2D eigenvalue weighted by atomic mass is 10.2. The maximum Gasteiger partial charge on any atom is 0.411 e. The minimum absolute atomic E-state index is 0.0193. The molecule has 0 aliphatic carbocycles. The van der Waals surface area contributed by atoms with Crippen LogP contribution >= 0.6 is 0 Å². The van der Waals surface area contributed by atoms with E-state index >= 15 is 0 Å². The Morgan fingerprint density at radius 3 is 2.23 bits per heavy atom. The molecule has 0 radical (unpaired) electrons. The van der Waals surface area contributed by atoms with E-state index in [-0.39, 0.29) is 11.8 Å². The Labute approximate surface area is 77.8 Å². The van der Waals surface area contributed by atoms with Crippen LogP contribution in [0, 0.1) is 0 Å². The molecule has 1 heterocycles. The van der Waals surface area contributed by atoms with E-state index in [1.54, 1.807) is 20.8 Å². The average molecular weight is 185 g/mol. The zero-order valence-corrected chi connectivity index (χ0v) is 8.46. The fourth-order valence-electron chi connectivity index (χ4n) is 1.01. The van der Waals surface area contributed by atoms with Gasteiger partial charge in [0, 0.05) is 0 Å². The van der Waals surface area contributed by atoms with Crippen molar-refractivity contribution in [2.45, 2.75) is 39.3 Å². The van der Waals surface area contributed by atoms with Crippen molar-refractivity contribution >= 4 is 11.9 Å². The lowest BCUT2D eigenvalue weighted by Gasteiger charge is -2.19. The summed E-state index contributed by atoms with van der Waals surface area (Å²) in [6, 6.07) is -0.241. The number of ether oxygens (including phenoxy) is 1.